The van der Waals surface area contributed by atoms with Gasteiger partial charge < -0.3 is 19.9 Å². The molecule has 8 rings (SSSR count). The maximum atomic E-state index is 15.1. The van der Waals surface area contributed by atoms with Crippen molar-refractivity contribution in [1.82, 2.24) is 20.0 Å². The second-order valence-electron chi connectivity index (χ2n) is 15.7. The number of rotatable bonds is 13. The SMILES string of the molecule is COCc1ccccc1C1(c2ccccc2)CCN(CCCNC(=O)N2C(=O)N(C(c3ccccc3)(c3ccccc3)c3ccccc3)CC2c2ccc(F)c(F)c2)CC1. The number of nitrogens with zero attached hydrogens (tertiary/aromatic N) is 3. The first kappa shape index (κ1) is 40.6. The molecule has 0 aliphatic carbocycles. The van der Waals surface area contributed by atoms with E-state index in [0.717, 1.165) is 61.3 Å². The summed E-state index contributed by atoms with van der Waals surface area (Å²) >= 11 is 0. The third kappa shape index (κ3) is 7.71. The molecule has 7 nitrogen and oxygen atoms in total. The maximum Gasteiger partial charge on any atom is 0.330 e. The van der Waals surface area contributed by atoms with Crippen LogP contribution >= 0.6 is 0 Å². The van der Waals surface area contributed by atoms with E-state index in [2.05, 4.69) is 64.8 Å². The summed E-state index contributed by atoms with van der Waals surface area (Å²) in [7, 11) is 1.74. The number of amides is 4. The van der Waals surface area contributed by atoms with E-state index < -0.39 is 35.3 Å². The monoisotopic (exact) mass is 804 g/mol. The fraction of sp³-hybridized carbons (Fsp3) is 0.255. The molecule has 2 fully saturated rings. The lowest BCUT2D eigenvalue weighted by atomic mass is 9.66. The molecule has 1 unspecified atom stereocenters. The zero-order valence-electron chi connectivity index (χ0n) is 33.9. The van der Waals surface area contributed by atoms with Crippen molar-refractivity contribution in [1.29, 1.82) is 0 Å². The minimum absolute atomic E-state index is 0.0282. The van der Waals surface area contributed by atoms with E-state index in [4.69, 9.17) is 4.74 Å². The summed E-state index contributed by atoms with van der Waals surface area (Å²) in [5.41, 5.74) is 5.28. The molecule has 2 aliphatic heterocycles. The van der Waals surface area contributed by atoms with Gasteiger partial charge in [-0.2, -0.15) is 0 Å². The molecule has 0 aromatic heterocycles. The molecular formula is C51H50F2N4O3. The molecule has 0 radical (unpaired) electrons. The van der Waals surface area contributed by atoms with Gasteiger partial charge >= 0.3 is 12.1 Å². The molecule has 4 amide bonds. The van der Waals surface area contributed by atoms with Crippen LogP contribution in [0, 0.1) is 11.6 Å². The summed E-state index contributed by atoms with van der Waals surface area (Å²) in [6.07, 6.45) is 2.53. The van der Waals surface area contributed by atoms with Crippen LogP contribution in [0.3, 0.4) is 0 Å². The van der Waals surface area contributed by atoms with Crippen LogP contribution in [0.2, 0.25) is 0 Å². The Balaban J connectivity index is 1.03. The van der Waals surface area contributed by atoms with Gasteiger partial charge in [-0.05, 0) is 90.0 Å². The third-order valence-corrected chi connectivity index (χ3v) is 12.4. The topological polar surface area (TPSA) is 65.1 Å². The number of halogens is 2. The Hall–Kier alpha value is -6.16. The number of urea groups is 2. The minimum Gasteiger partial charge on any atom is -0.380 e. The summed E-state index contributed by atoms with van der Waals surface area (Å²) in [5, 5.41) is 3.03. The highest BCUT2D eigenvalue weighted by Crippen LogP contribution is 2.48. The molecule has 0 bridgehead atoms. The number of likely N-dealkylation sites (tertiary alicyclic amines) is 1. The van der Waals surface area contributed by atoms with Gasteiger partial charge in [0.15, 0.2) is 11.6 Å². The van der Waals surface area contributed by atoms with Crippen LogP contribution in [0.5, 0.6) is 0 Å². The fourth-order valence-corrected chi connectivity index (χ4v) is 9.57. The summed E-state index contributed by atoms with van der Waals surface area (Å²) < 4.78 is 34.8. The number of nitrogens with one attached hydrogen (secondary N) is 1. The van der Waals surface area contributed by atoms with E-state index in [1.807, 2.05) is 91.0 Å². The van der Waals surface area contributed by atoms with Crippen molar-refractivity contribution in [3.8, 4) is 0 Å². The smallest absolute Gasteiger partial charge is 0.330 e. The van der Waals surface area contributed by atoms with Crippen molar-refractivity contribution in [2.24, 2.45) is 0 Å². The summed E-state index contributed by atoms with van der Waals surface area (Å²) in [6, 6.07) is 50.1. The molecule has 9 heteroatoms. The van der Waals surface area contributed by atoms with Crippen molar-refractivity contribution < 1.29 is 23.1 Å². The lowest BCUT2D eigenvalue weighted by Gasteiger charge is -2.44. The lowest BCUT2D eigenvalue weighted by Crippen LogP contribution is -2.51. The summed E-state index contributed by atoms with van der Waals surface area (Å²) in [4.78, 5) is 34.8. The number of hydrogen-bond donors (Lipinski definition) is 1. The molecular weight excluding hydrogens is 755 g/mol. The average Bonchev–Trinajstić information content (AvgIpc) is 3.65. The Morgan fingerprint density at radius 1 is 0.733 bits per heavy atom. The molecule has 306 valence electrons. The Morgan fingerprint density at radius 3 is 1.85 bits per heavy atom. The van der Waals surface area contributed by atoms with Crippen LogP contribution in [-0.4, -0.2) is 66.6 Å². The van der Waals surface area contributed by atoms with Crippen molar-refractivity contribution in [3.63, 3.8) is 0 Å². The minimum atomic E-state index is -1.17. The Morgan fingerprint density at radius 2 is 1.28 bits per heavy atom. The fourth-order valence-electron chi connectivity index (χ4n) is 9.57. The zero-order valence-corrected chi connectivity index (χ0v) is 33.9. The van der Waals surface area contributed by atoms with Crippen LogP contribution in [0.25, 0.3) is 0 Å². The molecule has 0 saturated carbocycles. The predicted octanol–water partition coefficient (Wildman–Crippen LogP) is 10.1. The number of carbonyl (C=O) groups excluding carboxylic acids is 2. The number of piperidine rings is 1. The molecule has 6 aromatic carbocycles. The Labute approximate surface area is 351 Å². The van der Waals surface area contributed by atoms with Crippen LogP contribution in [0.4, 0.5) is 18.4 Å². The first-order valence-electron chi connectivity index (χ1n) is 20.7. The highest BCUT2D eigenvalue weighted by molar-refractivity contribution is 5.97. The molecule has 2 saturated heterocycles. The van der Waals surface area contributed by atoms with Crippen LogP contribution in [-0.2, 0) is 22.3 Å². The molecule has 1 atom stereocenters. The van der Waals surface area contributed by atoms with Crippen LogP contribution in [0.15, 0.2) is 164 Å². The highest BCUT2D eigenvalue weighted by atomic mass is 19.2. The van der Waals surface area contributed by atoms with Gasteiger partial charge in [-0.1, -0.05) is 152 Å². The summed E-state index contributed by atoms with van der Waals surface area (Å²) in [6.45, 7) is 3.42. The van der Waals surface area contributed by atoms with Crippen molar-refractivity contribution in [3.05, 3.63) is 214 Å². The van der Waals surface area contributed by atoms with Crippen molar-refractivity contribution in [2.75, 3.05) is 39.8 Å². The van der Waals surface area contributed by atoms with Gasteiger partial charge in [0.05, 0.1) is 12.6 Å². The van der Waals surface area contributed by atoms with E-state index in [9.17, 15) is 13.6 Å². The Bertz CT molecular complexity index is 2280. The van der Waals surface area contributed by atoms with Crippen LogP contribution < -0.4 is 5.32 Å². The molecule has 60 heavy (non-hydrogen) atoms. The van der Waals surface area contributed by atoms with E-state index in [-0.39, 0.29) is 12.0 Å². The number of hydrogen-bond acceptors (Lipinski definition) is 4. The second-order valence-corrected chi connectivity index (χ2v) is 15.7. The van der Waals surface area contributed by atoms with Crippen molar-refractivity contribution >= 4 is 12.1 Å². The largest absolute Gasteiger partial charge is 0.380 e. The van der Waals surface area contributed by atoms with E-state index >= 15 is 4.79 Å². The van der Waals surface area contributed by atoms with Gasteiger partial charge in [-0.15, -0.1) is 0 Å². The predicted molar refractivity (Wildman–Crippen MR) is 230 cm³/mol. The van der Waals surface area contributed by atoms with E-state index in [1.165, 1.54) is 27.7 Å². The molecule has 1 N–H and O–H groups in total. The van der Waals surface area contributed by atoms with Gasteiger partial charge in [0, 0.05) is 25.6 Å². The number of imide groups is 1. The number of ether oxygens (including phenoxy) is 1. The van der Waals surface area contributed by atoms with Crippen molar-refractivity contribution in [2.45, 2.75) is 42.9 Å². The first-order chi connectivity index (χ1) is 29.4. The second kappa shape index (κ2) is 18.0. The number of benzene rings is 6. The van der Waals surface area contributed by atoms with E-state index in [0.29, 0.717) is 25.1 Å². The third-order valence-electron chi connectivity index (χ3n) is 12.4. The van der Waals surface area contributed by atoms with E-state index in [1.54, 1.807) is 12.0 Å². The zero-order chi connectivity index (χ0) is 41.5. The maximum absolute atomic E-state index is 15.1. The molecule has 6 aromatic rings. The lowest BCUT2D eigenvalue weighted by molar-refractivity contribution is 0.160. The molecule has 2 heterocycles. The normalized spacial score (nSPS) is 16.9. The quantitative estimate of drug-likeness (QED) is 0.0933. The van der Waals surface area contributed by atoms with Gasteiger partial charge in [-0.3, -0.25) is 0 Å². The molecule has 0 spiro atoms. The number of methoxy groups -OCH3 is 1. The van der Waals surface area contributed by atoms with Gasteiger partial charge in [0.25, 0.3) is 0 Å². The highest BCUT2D eigenvalue weighted by Gasteiger charge is 2.53. The Kier molecular flexibility index (Phi) is 12.2. The van der Waals surface area contributed by atoms with Crippen LogP contribution in [0.1, 0.15) is 64.2 Å². The van der Waals surface area contributed by atoms with Gasteiger partial charge in [0.1, 0.15) is 5.54 Å². The van der Waals surface area contributed by atoms with Gasteiger partial charge in [0.2, 0.25) is 0 Å². The molecule has 2 aliphatic rings. The average molecular weight is 805 g/mol. The first-order valence-corrected chi connectivity index (χ1v) is 20.7. The number of carbonyl (C=O) groups is 2. The summed E-state index contributed by atoms with van der Waals surface area (Å²) in [5.74, 6) is -2.04. The standard InChI is InChI=1S/C51H50F2N4O3/c1-60-37-39-17-14-15-26-44(39)50(40-18-6-2-7-19-40)29-33-55(34-30-50)32-16-31-54-48(58)57-47(38-27-28-45(52)46(53)35-38)36-56(49(57)59)51(41-20-8-3-9-21-41,42-22-10-4-11-23-42)43-24-12-5-13-25-43/h2-15,17-28,35,47H,16,29-34,36-37H2,1H3,(H,54,58). The van der Waals surface area contributed by atoms with Gasteiger partial charge in [-0.25, -0.2) is 23.3 Å².